The van der Waals surface area contributed by atoms with Crippen molar-refractivity contribution in [3.63, 3.8) is 0 Å². The summed E-state index contributed by atoms with van der Waals surface area (Å²) >= 11 is 1.44. The number of methoxy groups -OCH3 is 1. The third-order valence-electron chi connectivity index (χ3n) is 4.39. The first-order valence-corrected chi connectivity index (χ1v) is 11.2. The molecule has 0 radical (unpaired) electrons. The fourth-order valence-electron chi connectivity index (χ4n) is 2.77. The molecule has 1 aromatic carbocycles. The standard InChI is InChI=1S/C19H24N2O4S2/c1-4-5-13-10-18(26-12(13)2)19(22)20-16-11-15(8-9-17(16)25-3)27(23,24)21-14-6-7-14/h8-11,14,21H,4-7H2,1-3H3,(H,20,22). The first kappa shape index (κ1) is 19.9. The van der Waals surface area contributed by atoms with Crippen LogP contribution in [0.4, 0.5) is 5.69 Å². The molecule has 0 spiro atoms. The maximum absolute atomic E-state index is 12.7. The maximum atomic E-state index is 12.7. The number of hydrogen-bond donors (Lipinski definition) is 2. The number of sulfonamides is 1. The van der Waals surface area contributed by atoms with Crippen LogP contribution in [-0.2, 0) is 16.4 Å². The molecule has 1 aliphatic carbocycles. The number of hydrogen-bond acceptors (Lipinski definition) is 5. The molecule has 2 aromatic rings. The lowest BCUT2D eigenvalue weighted by molar-refractivity contribution is 0.103. The molecule has 27 heavy (non-hydrogen) atoms. The van der Waals surface area contributed by atoms with E-state index in [1.807, 2.05) is 13.0 Å². The molecule has 2 N–H and O–H groups in total. The molecule has 146 valence electrons. The van der Waals surface area contributed by atoms with Crippen molar-refractivity contribution in [2.75, 3.05) is 12.4 Å². The van der Waals surface area contributed by atoms with E-state index in [0.717, 1.165) is 30.6 Å². The Labute approximate surface area is 164 Å². The zero-order valence-corrected chi connectivity index (χ0v) is 17.3. The summed E-state index contributed by atoms with van der Waals surface area (Å²) in [4.78, 5) is 14.5. The summed E-state index contributed by atoms with van der Waals surface area (Å²) in [6.07, 6.45) is 3.66. The topological polar surface area (TPSA) is 84.5 Å². The summed E-state index contributed by atoms with van der Waals surface area (Å²) in [5, 5.41) is 2.80. The van der Waals surface area contributed by atoms with Gasteiger partial charge in [0.1, 0.15) is 5.75 Å². The summed E-state index contributed by atoms with van der Waals surface area (Å²) in [5.41, 5.74) is 1.51. The highest BCUT2D eigenvalue weighted by atomic mass is 32.2. The molecule has 0 unspecified atom stereocenters. The molecular formula is C19H24N2O4S2. The van der Waals surface area contributed by atoms with Crippen LogP contribution < -0.4 is 14.8 Å². The second-order valence-corrected chi connectivity index (χ2v) is 9.62. The Kier molecular flexibility index (Phi) is 5.88. The van der Waals surface area contributed by atoms with Gasteiger partial charge in [-0.3, -0.25) is 4.79 Å². The monoisotopic (exact) mass is 408 g/mol. The minimum absolute atomic E-state index is 0.0150. The van der Waals surface area contributed by atoms with Crippen LogP contribution >= 0.6 is 11.3 Å². The summed E-state index contributed by atoms with van der Waals surface area (Å²) in [6, 6.07) is 6.39. The van der Waals surface area contributed by atoms with Crippen LogP contribution in [0.25, 0.3) is 0 Å². The van der Waals surface area contributed by atoms with Gasteiger partial charge in [0.25, 0.3) is 5.91 Å². The van der Waals surface area contributed by atoms with Crippen molar-refractivity contribution in [2.24, 2.45) is 0 Å². The molecule has 1 fully saturated rings. The first-order valence-electron chi connectivity index (χ1n) is 8.95. The smallest absolute Gasteiger partial charge is 0.265 e. The van der Waals surface area contributed by atoms with E-state index in [9.17, 15) is 13.2 Å². The second-order valence-electron chi connectivity index (χ2n) is 6.65. The van der Waals surface area contributed by atoms with E-state index in [-0.39, 0.29) is 16.8 Å². The fourth-order valence-corrected chi connectivity index (χ4v) is 5.07. The normalized spacial score (nSPS) is 14.2. The van der Waals surface area contributed by atoms with E-state index in [4.69, 9.17) is 4.74 Å². The van der Waals surface area contributed by atoms with Crippen molar-refractivity contribution in [3.05, 3.63) is 39.6 Å². The third kappa shape index (κ3) is 4.69. The maximum Gasteiger partial charge on any atom is 0.265 e. The Morgan fingerprint density at radius 3 is 2.67 bits per heavy atom. The van der Waals surface area contributed by atoms with Gasteiger partial charge in [-0.25, -0.2) is 13.1 Å². The van der Waals surface area contributed by atoms with Crippen molar-refractivity contribution in [1.82, 2.24) is 4.72 Å². The number of nitrogens with one attached hydrogen (secondary N) is 2. The molecule has 1 aromatic heterocycles. The molecule has 0 aliphatic heterocycles. The van der Waals surface area contributed by atoms with Crippen LogP contribution in [0.1, 0.15) is 46.3 Å². The van der Waals surface area contributed by atoms with Gasteiger partial charge in [0.05, 0.1) is 22.6 Å². The Bertz CT molecular complexity index is 947. The lowest BCUT2D eigenvalue weighted by Gasteiger charge is -2.12. The Hall–Kier alpha value is -1.90. The van der Waals surface area contributed by atoms with Crippen molar-refractivity contribution in [1.29, 1.82) is 0 Å². The lowest BCUT2D eigenvalue weighted by Crippen LogP contribution is -2.25. The van der Waals surface area contributed by atoms with Crippen LogP contribution in [0.2, 0.25) is 0 Å². The molecule has 3 rings (SSSR count). The number of rotatable bonds is 8. The molecular weight excluding hydrogens is 384 g/mol. The summed E-state index contributed by atoms with van der Waals surface area (Å²) in [5.74, 6) is 0.143. The minimum Gasteiger partial charge on any atom is -0.495 e. The van der Waals surface area contributed by atoms with Crippen molar-refractivity contribution in [2.45, 2.75) is 50.5 Å². The fraction of sp³-hybridized carbons (Fsp3) is 0.421. The van der Waals surface area contributed by atoms with Gasteiger partial charge in [-0.2, -0.15) is 0 Å². The summed E-state index contributed by atoms with van der Waals surface area (Å²) in [7, 11) is -2.13. The van der Waals surface area contributed by atoms with E-state index in [2.05, 4.69) is 17.0 Å². The second kappa shape index (κ2) is 8.00. The Balaban J connectivity index is 1.85. The van der Waals surface area contributed by atoms with Gasteiger partial charge in [-0.15, -0.1) is 11.3 Å². The van der Waals surface area contributed by atoms with E-state index in [1.54, 1.807) is 6.07 Å². The predicted octanol–water partition coefficient (Wildman–Crippen LogP) is 3.71. The first-order chi connectivity index (χ1) is 12.8. The molecule has 0 bridgehead atoms. The molecule has 8 heteroatoms. The minimum atomic E-state index is -3.61. The highest BCUT2D eigenvalue weighted by Gasteiger charge is 2.28. The summed E-state index contributed by atoms with van der Waals surface area (Å²) < 4.78 is 32.8. The Morgan fingerprint density at radius 2 is 2.04 bits per heavy atom. The van der Waals surface area contributed by atoms with Crippen LogP contribution in [0.3, 0.4) is 0 Å². The molecule has 1 amide bonds. The summed E-state index contributed by atoms with van der Waals surface area (Å²) in [6.45, 7) is 4.10. The van der Waals surface area contributed by atoms with Crippen molar-refractivity contribution in [3.8, 4) is 5.75 Å². The number of thiophene rings is 1. The number of carbonyl (C=O) groups is 1. The van der Waals surface area contributed by atoms with Gasteiger partial charge in [0.2, 0.25) is 10.0 Å². The highest BCUT2D eigenvalue weighted by Crippen LogP contribution is 2.30. The number of benzene rings is 1. The third-order valence-corrected chi connectivity index (χ3v) is 7.00. The molecule has 6 nitrogen and oxygen atoms in total. The largest absolute Gasteiger partial charge is 0.495 e. The van der Waals surface area contributed by atoms with Gasteiger partial charge in [0, 0.05) is 10.9 Å². The van der Waals surface area contributed by atoms with E-state index < -0.39 is 10.0 Å². The SMILES string of the molecule is CCCc1cc(C(=O)Nc2cc(S(=O)(=O)NC3CC3)ccc2OC)sc1C. The van der Waals surface area contributed by atoms with E-state index in [0.29, 0.717) is 16.3 Å². The quantitative estimate of drug-likeness (QED) is 0.697. The zero-order valence-electron chi connectivity index (χ0n) is 15.7. The molecule has 1 aliphatic rings. The molecule has 1 saturated carbocycles. The van der Waals surface area contributed by atoms with Gasteiger partial charge in [-0.1, -0.05) is 13.3 Å². The number of anilines is 1. The number of carbonyl (C=O) groups excluding carboxylic acids is 1. The number of aryl methyl sites for hydroxylation is 2. The van der Waals surface area contributed by atoms with Crippen LogP contribution in [0.15, 0.2) is 29.2 Å². The highest BCUT2D eigenvalue weighted by molar-refractivity contribution is 7.89. The van der Waals surface area contributed by atoms with E-state index in [1.165, 1.54) is 36.1 Å². The molecule has 0 atom stereocenters. The molecule has 0 saturated heterocycles. The molecule has 1 heterocycles. The van der Waals surface area contributed by atoms with Gasteiger partial charge < -0.3 is 10.1 Å². The lowest BCUT2D eigenvalue weighted by atomic mass is 10.1. The Morgan fingerprint density at radius 1 is 1.30 bits per heavy atom. The average Bonchev–Trinajstić information content (AvgIpc) is 3.35. The van der Waals surface area contributed by atoms with Gasteiger partial charge in [0.15, 0.2) is 0 Å². The van der Waals surface area contributed by atoms with Crippen LogP contribution in [0, 0.1) is 6.92 Å². The van der Waals surface area contributed by atoms with Crippen molar-refractivity contribution < 1.29 is 17.9 Å². The van der Waals surface area contributed by atoms with Gasteiger partial charge in [-0.05, 0) is 56.0 Å². The van der Waals surface area contributed by atoms with Crippen molar-refractivity contribution >= 4 is 33.0 Å². The average molecular weight is 409 g/mol. The van der Waals surface area contributed by atoms with Crippen LogP contribution in [0.5, 0.6) is 5.75 Å². The van der Waals surface area contributed by atoms with E-state index >= 15 is 0 Å². The number of ether oxygens (including phenoxy) is 1. The van der Waals surface area contributed by atoms with Gasteiger partial charge >= 0.3 is 0 Å². The predicted molar refractivity (Wildman–Crippen MR) is 107 cm³/mol. The number of amides is 1. The van der Waals surface area contributed by atoms with Crippen LogP contribution in [-0.4, -0.2) is 27.5 Å². The zero-order chi connectivity index (χ0) is 19.6.